The van der Waals surface area contributed by atoms with Crippen LogP contribution in [0.5, 0.6) is 5.75 Å². The highest BCUT2D eigenvalue weighted by Gasteiger charge is 2.44. The summed E-state index contributed by atoms with van der Waals surface area (Å²) in [5.74, 6) is 1.35. The van der Waals surface area contributed by atoms with Crippen LogP contribution in [0.25, 0.3) is 0 Å². The molecule has 1 heterocycles. The van der Waals surface area contributed by atoms with Gasteiger partial charge < -0.3 is 30.1 Å². The van der Waals surface area contributed by atoms with Crippen molar-refractivity contribution in [3.8, 4) is 5.75 Å². The van der Waals surface area contributed by atoms with E-state index in [0.717, 1.165) is 53.1 Å². The number of aliphatic hydroxyl groups excluding tert-OH is 3. The van der Waals surface area contributed by atoms with Crippen LogP contribution in [0, 0.1) is 5.92 Å². The highest BCUT2D eigenvalue weighted by Crippen LogP contribution is 2.36. The number of aliphatic hydroxyl groups is 3. The summed E-state index contributed by atoms with van der Waals surface area (Å²) in [6.45, 7) is 2.54. The van der Waals surface area contributed by atoms with E-state index in [1.807, 2.05) is 61.5 Å². The number of carbonyl (C=O) groups excluding carboxylic acids is 1. The molecule has 1 aliphatic heterocycles. The average Bonchev–Trinajstić information content (AvgIpc) is 3.54. The van der Waals surface area contributed by atoms with Crippen LogP contribution >= 0.6 is 23.4 Å². The number of nitrogens with one attached hydrogen (secondary N) is 1. The zero-order chi connectivity index (χ0) is 29.6. The molecule has 5 rings (SSSR count). The summed E-state index contributed by atoms with van der Waals surface area (Å²) in [4.78, 5) is 13.4. The first-order valence-electron chi connectivity index (χ1n) is 14.6. The van der Waals surface area contributed by atoms with Gasteiger partial charge in [-0.25, -0.2) is 0 Å². The van der Waals surface area contributed by atoms with Gasteiger partial charge in [-0.2, -0.15) is 0 Å². The predicted molar refractivity (Wildman–Crippen MR) is 165 cm³/mol. The van der Waals surface area contributed by atoms with Crippen molar-refractivity contribution in [2.45, 2.75) is 74.4 Å². The molecule has 2 aliphatic rings. The number of anilines is 1. The first kappa shape index (κ1) is 30.9. The Hall–Kier alpha value is -2.59. The third-order valence-corrected chi connectivity index (χ3v) is 9.47. The molecule has 0 aromatic heterocycles. The number of benzene rings is 3. The molecule has 7 nitrogen and oxygen atoms in total. The first-order chi connectivity index (χ1) is 20.3. The second kappa shape index (κ2) is 14.3. The highest BCUT2D eigenvalue weighted by atomic mass is 35.5. The van der Waals surface area contributed by atoms with E-state index in [1.54, 1.807) is 12.1 Å². The summed E-state index contributed by atoms with van der Waals surface area (Å²) in [7, 11) is 0. The number of ether oxygens (including phenoxy) is 2. The van der Waals surface area contributed by atoms with E-state index < -0.39 is 30.5 Å². The third-order valence-electron chi connectivity index (χ3n) is 8.00. The lowest BCUT2D eigenvalue weighted by atomic mass is 9.90. The molecule has 0 radical (unpaired) electrons. The van der Waals surface area contributed by atoms with E-state index in [-0.39, 0.29) is 11.8 Å². The number of halogens is 1. The third kappa shape index (κ3) is 7.48. The summed E-state index contributed by atoms with van der Waals surface area (Å²) in [5.41, 5.74) is 3.35. The van der Waals surface area contributed by atoms with Crippen molar-refractivity contribution in [1.29, 1.82) is 0 Å². The Kier molecular flexibility index (Phi) is 10.5. The molecule has 5 atom stereocenters. The SMILES string of the molecule is CCOc1ccc(Cc2cc([C@@H]3O[C@H](CSc4ccc(NC(=O)C5CCCC5)cc4)[C@@H](O)[C@H](O)[C@H]3O)ccc2Cl)cc1. The molecule has 9 heteroatoms. The molecule has 1 saturated heterocycles. The topological polar surface area (TPSA) is 108 Å². The van der Waals surface area contributed by atoms with Gasteiger partial charge in [0.05, 0.1) is 12.7 Å². The molecule has 2 fully saturated rings. The lowest BCUT2D eigenvalue weighted by Crippen LogP contribution is -2.54. The zero-order valence-corrected chi connectivity index (χ0v) is 25.2. The van der Waals surface area contributed by atoms with Gasteiger partial charge in [0.25, 0.3) is 0 Å². The molecule has 42 heavy (non-hydrogen) atoms. The quantitative estimate of drug-likeness (QED) is 0.216. The van der Waals surface area contributed by atoms with Crippen LogP contribution in [0.3, 0.4) is 0 Å². The molecule has 4 N–H and O–H groups in total. The van der Waals surface area contributed by atoms with Crippen LogP contribution in [0.4, 0.5) is 5.69 Å². The van der Waals surface area contributed by atoms with Gasteiger partial charge in [0.1, 0.15) is 30.2 Å². The van der Waals surface area contributed by atoms with E-state index in [1.165, 1.54) is 11.8 Å². The molecule has 0 bridgehead atoms. The van der Waals surface area contributed by atoms with Crippen molar-refractivity contribution in [3.05, 3.63) is 88.4 Å². The summed E-state index contributed by atoms with van der Waals surface area (Å²) in [6, 6.07) is 20.8. The largest absolute Gasteiger partial charge is 0.494 e. The Morgan fingerprint density at radius 2 is 1.69 bits per heavy atom. The summed E-state index contributed by atoms with van der Waals surface area (Å²) >= 11 is 8.00. The monoisotopic (exact) mass is 611 g/mol. The Morgan fingerprint density at radius 1 is 0.976 bits per heavy atom. The van der Waals surface area contributed by atoms with Crippen LogP contribution in [0.15, 0.2) is 71.6 Å². The van der Waals surface area contributed by atoms with E-state index in [9.17, 15) is 20.1 Å². The van der Waals surface area contributed by atoms with Gasteiger partial charge in [-0.3, -0.25) is 4.79 Å². The molecule has 1 saturated carbocycles. The number of carbonyl (C=O) groups is 1. The molecule has 3 aromatic rings. The Labute approximate surface area is 256 Å². The van der Waals surface area contributed by atoms with E-state index in [0.29, 0.717) is 29.4 Å². The second-order valence-corrected chi connectivity index (χ2v) is 12.5. The average molecular weight is 612 g/mol. The van der Waals surface area contributed by atoms with Crippen LogP contribution < -0.4 is 10.1 Å². The number of hydrogen-bond donors (Lipinski definition) is 4. The van der Waals surface area contributed by atoms with Crippen molar-refractivity contribution >= 4 is 35.0 Å². The maximum absolute atomic E-state index is 12.4. The van der Waals surface area contributed by atoms with Gasteiger partial charge in [0, 0.05) is 27.3 Å². The molecular weight excluding hydrogens is 574 g/mol. The van der Waals surface area contributed by atoms with Gasteiger partial charge in [0.15, 0.2) is 0 Å². The lowest BCUT2D eigenvalue weighted by molar-refractivity contribution is -0.218. The number of rotatable bonds is 10. The maximum Gasteiger partial charge on any atom is 0.227 e. The van der Waals surface area contributed by atoms with Crippen molar-refractivity contribution in [2.24, 2.45) is 5.92 Å². The Morgan fingerprint density at radius 3 is 2.38 bits per heavy atom. The maximum atomic E-state index is 12.4. The van der Waals surface area contributed by atoms with Crippen LogP contribution in [0.2, 0.25) is 5.02 Å². The summed E-state index contributed by atoms with van der Waals surface area (Å²) in [6.07, 6.45) is -0.777. The lowest BCUT2D eigenvalue weighted by Gasteiger charge is -2.41. The van der Waals surface area contributed by atoms with E-state index in [2.05, 4.69) is 5.32 Å². The molecular formula is C33H38ClNO6S. The van der Waals surface area contributed by atoms with Gasteiger partial charge in [-0.15, -0.1) is 11.8 Å². The van der Waals surface area contributed by atoms with Crippen molar-refractivity contribution in [3.63, 3.8) is 0 Å². The smallest absolute Gasteiger partial charge is 0.227 e. The number of thioether (sulfide) groups is 1. The molecule has 0 unspecified atom stereocenters. The molecule has 0 spiro atoms. The molecule has 3 aromatic carbocycles. The van der Waals surface area contributed by atoms with Crippen molar-refractivity contribution in [1.82, 2.24) is 0 Å². The summed E-state index contributed by atoms with van der Waals surface area (Å²) < 4.78 is 11.7. The van der Waals surface area contributed by atoms with Gasteiger partial charge in [-0.1, -0.05) is 48.7 Å². The summed E-state index contributed by atoms with van der Waals surface area (Å²) in [5, 5.41) is 35.9. The second-order valence-electron chi connectivity index (χ2n) is 11.0. The Bertz CT molecular complexity index is 1330. The van der Waals surface area contributed by atoms with Gasteiger partial charge in [-0.05, 0) is 85.3 Å². The highest BCUT2D eigenvalue weighted by molar-refractivity contribution is 7.99. The number of amides is 1. The van der Waals surface area contributed by atoms with E-state index in [4.69, 9.17) is 21.1 Å². The minimum Gasteiger partial charge on any atom is -0.494 e. The molecule has 1 aliphatic carbocycles. The first-order valence-corrected chi connectivity index (χ1v) is 15.9. The van der Waals surface area contributed by atoms with Crippen molar-refractivity contribution in [2.75, 3.05) is 17.7 Å². The zero-order valence-electron chi connectivity index (χ0n) is 23.6. The van der Waals surface area contributed by atoms with Crippen molar-refractivity contribution < 1.29 is 29.6 Å². The normalized spacial score (nSPS) is 24.5. The minimum atomic E-state index is -1.37. The van der Waals surface area contributed by atoms with E-state index >= 15 is 0 Å². The molecule has 224 valence electrons. The Balaban J connectivity index is 1.23. The standard InChI is InChI=1S/C33H38ClNO6S/c1-2-40-25-12-7-20(8-13-25)17-23-18-22(9-16-27(23)34)32-31(38)30(37)29(36)28(41-32)19-42-26-14-10-24(11-15-26)35-33(39)21-5-3-4-6-21/h7-16,18,21,28-32,36-38H,2-6,17,19H2,1H3,(H,35,39)/t28-,29-,30+,31-,32+/m1/s1. The van der Waals surface area contributed by atoms with Crippen LogP contribution in [-0.4, -0.2) is 58.0 Å². The fraction of sp³-hybridized carbons (Fsp3) is 0.424. The van der Waals surface area contributed by atoms with Gasteiger partial charge >= 0.3 is 0 Å². The molecule has 1 amide bonds. The van der Waals surface area contributed by atoms with Crippen LogP contribution in [-0.2, 0) is 16.0 Å². The van der Waals surface area contributed by atoms with Gasteiger partial charge in [0.2, 0.25) is 5.91 Å². The fourth-order valence-corrected chi connectivity index (χ4v) is 6.75. The van der Waals surface area contributed by atoms with Crippen LogP contribution in [0.1, 0.15) is 55.4 Å². The number of hydrogen-bond acceptors (Lipinski definition) is 7. The predicted octanol–water partition coefficient (Wildman–Crippen LogP) is 5.77. The minimum absolute atomic E-state index is 0.0788. The fourth-order valence-electron chi connectivity index (χ4n) is 5.61.